The van der Waals surface area contributed by atoms with E-state index in [0.29, 0.717) is 28.7 Å². The fraction of sp³-hybridized carbons (Fsp3) is 0.467. The van der Waals surface area contributed by atoms with Gasteiger partial charge in [0.15, 0.2) is 0 Å². The summed E-state index contributed by atoms with van der Waals surface area (Å²) in [5.41, 5.74) is 0.478. The summed E-state index contributed by atoms with van der Waals surface area (Å²) < 4.78 is 0. The summed E-state index contributed by atoms with van der Waals surface area (Å²) in [6.45, 7) is 2.73. The van der Waals surface area contributed by atoms with Gasteiger partial charge >= 0.3 is 0 Å². The maximum atomic E-state index is 12.1. The van der Waals surface area contributed by atoms with Gasteiger partial charge in [0.1, 0.15) is 0 Å². The van der Waals surface area contributed by atoms with E-state index in [0.717, 1.165) is 12.8 Å². The van der Waals surface area contributed by atoms with Crippen LogP contribution >= 0.6 is 23.2 Å². The molecule has 6 heteroatoms. The number of anilines is 1. The molecule has 2 N–H and O–H groups in total. The largest absolute Gasteiger partial charge is 0.356 e. The molecule has 0 aromatic heterocycles. The highest BCUT2D eigenvalue weighted by atomic mass is 35.5. The van der Waals surface area contributed by atoms with Crippen molar-refractivity contribution in [2.24, 2.45) is 11.8 Å². The monoisotopic (exact) mass is 328 g/mol. The molecule has 0 bridgehead atoms. The van der Waals surface area contributed by atoms with Crippen LogP contribution in [0.5, 0.6) is 0 Å². The molecule has 1 aliphatic carbocycles. The predicted octanol–water partition coefficient (Wildman–Crippen LogP) is 3.48. The molecule has 0 aliphatic heterocycles. The van der Waals surface area contributed by atoms with Crippen molar-refractivity contribution in [3.8, 4) is 0 Å². The Morgan fingerprint density at radius 2 is 1.95 bits per heavy atom. The van der Waals surface area contributed by atoms with E-state index >= 15 is 0 Å². The van der Waals surface area contributed by atoms with Crippen molar-refractivity contribution in [1.29, 1.82) is 0 Å². The molecule has 0 radical (unpaired) electrons. The third kappa shape index (κ3) is 4.35. The fourth-order valence-corrected chi connectivity index (χ4v) is 2.45. The Morgan fingerprint density at radius 3 is 2.67 bits per heavy atom. The van der Waals surface area contributed by atoms with Crippen molar-refractivity contribution in [2.75, 3.05) is 11.9 Å². The molecule has 1 aromatic carbocycles. The molecule has 114 valence electrons. The van der Waals surface area contributed by atoms with Crippen molar-refractivity contribution >= 4 is 40.7 Å². The number of carbonyl (C=O) groups is 2. The Morgan fingerprint density at radius 1 is 1.24 bits per heavy atom. The van der Waals surface area contributed by atoms with Crippen LogP contribution < -0.4 is 10.6 Å². The van der Waals surface area contributed by atoms with E-state index in [1.54, 1.807) is 18.2 Å². The number of hydrogen-bond acceptors (Lipinski definition) is 2. The van der Waals surface area contributed by atoms with Gasteiger partial charge in [-0.3, -0.25) is 9.59 Å². The standard InChI is InChI=1S/C15H18Cl2N2O2/c1-2-3-6-18-14(20)10-8-11(10)15(21)19-13-7-9(16)4-5-12(13)17/h4-5,7,10-11H,2-3,6,8H2,1H3,(H,18,20)(H,19,21). The van der Waals surface area contributed by atoms with Crippen LogP contribution in [-0.2, 0) is 9.59 Å². The van der Waals surface area contributed by atoms with Gasteiger partial charge in [-0.1, -0.05) is 36.5 Å². The van der Waals surface area contributed by atoms with E-state index in [1.807, 2.05) is 0 Å². The molecule has 1 aliphatic rings. The normalized spacial score (nSPS) is 20.0. The van der Waals surface area contributed by atoms with Gasteiger partial charge in [0.05, 0.1) is 22.5 Å². The Labute approximate surface area is 134 Å². The quantitative estimate of drug-likeness (QED) is 0.785. The van der Waals surface area contributed by atoms with E-state index < -0.39 is 0 Å². The average Bonchev–Trinajstić information content (AvgIpc) is 3.23. The van der Waals surface area contributed by atoms with Crippen LogP contribution in [0.15, 0.2) is 18.2 Å². The molecule has 1 aromatic rings. The number of rotatable bonds is 6. The molecule has 2 rings (SSSR count). The highest BCUT2D eigenvalue weighted by Gasteiger charge is 2.47. The number of benzene rings is 1. The maximum absolute atomic E-state index is 12.1. The first kappa shape index (κ1) is 16.1. The molecule has 1 saturated carbocycles. The zero-order valence-corrected chi connectivity index (χ0v) is 13.3. The first-order valence-electron chi connectivity index (χ1n) is 7.06. The van der Waals surface area contributed by atoms with Gasteiger partial charge in [-0.15, -0.1) is 0 Å². The second-order valence-electron chi connectivity index (χ2n) is 5.21. The summed E-state index contributed by atoms with van der Waals surface area (Å²) in [6.07, 6.45) is 2.57. The van der Waals surface area contributed by atoms with E-state index in [1.165, 1.54) is 0 Å². The summed E-state index contributed by atoms with van der Waals surface area (Å²) in [5.74, 6) is -0.725. The van der Waals surface area contributed by atoms with Crippen molar-refractivity contribution < 1.29 is 9.59 Å². The number of hydrogen-bond donors (Lipinski definition) is 2. The fourth-order valence-electron chi connectivity index (χ4n) is 2.11. The van der Waals surface area contributed by atoms with Crippen LogP contribution in [0.4, 0.5) is 5.69 Å². The van der Waals surface area contributed by atoms with Crippen LogP contribution in [-0.4, -0.2) is 18.4 Å². The lowest BCUT2D eigenvalue weighted by Gasteiger charge is -2.08. The SMILES string of the molecule is CCCCNC(=O)C1CC1C(=O)Nc1cc(Cl)ccc1Cl. The van der Waals surface area contributed by atoms with Gasteiger partial charge in [0.2, 0.25) is 11.8 Å². The van der Waals surface area contributed by atoms with Crippen LogP contribution in [0, 0.1) is 11.8 Å². The molecule has 2 unspecified atom stereocenters. The first-order valence-corrected chi connectivity index (χ1v) is 7.82. The van der Waals surface area contributed by atoms with E-state index in [4.69, 9.17) is 23.2 Å². The summed E-state index contributed by atoms with van der Waals surface area (Å²) in [5, 5.41) is 6.51. The molecule has 0 saturated heterocycles. The van der Waals surface area contributed by atoms with Crippen molar-refractivity contribution in [1.82, 2.24) is 5.32 Å². The molecular formula is C15H18Cl2N2O2. The highest BCUT2D eigenvalue weighted by molar-refractivity contribution is 6.35. The second-order valence-corrected chi connectivity index (χ2v) is 6.05. The second kappa shape index (κ2) is 7.14. The molecule has 1 fully saturated rings. The zero-order chi connectivity index (χ0) is 15.4. The summed E-state index contributed by atoms with van der Waals surface area (Å²) in [6, 6.07) is 4.88. The Bertz CT molecular complexity index is 548. The van der Waals surface area contributed by atoms with Crippen LogP contribution in [0.25, 0.3) is 0 Å². The van der Waals surface area contributed by atoms with E-state index in [-0.39, 0.29) is 23.7 Å². The highest BCUT2D eigenvalue weighted by Crippen LogP contribution is 2.40. The lowest BCUT2D eigenvalue weighted by atomic mass is 10.2. The van der Waals surface area contributed by atoms with Crippen molar-refractivity contribution in [3.63, 3.8) is 0 Å². The number of nitrogens with one attached hydrogen (secondary N) is 2. The maximum Gasteiger partial charge on any atom is 0.228 e. The molecule has 2 amide bonds. The van der Waals surface area contributed by atoms with Crippen molar-refractivity contribution in [3.05, 3.63) is 28.2 Å². The lowest BCUT2D eigenvalue weighted by molar-refractivity contribution is -0.125. The average molecular weight is 329 g/mol. The van der Waals surface area contributed by atoms with Crippen molar-refractivity contribution in [2.45, 2.75) is 26.2 Å². The van der Waals surface area contributed by atoms with E-state index in [9.17, 15) is 9.59 Å². The van der Waals surface area contributed by atoms with E-state index in [2.05, 4.69) is 17.6 Å². The third-order valence-corrected chi connectivity index (χ3v) is 4.04. The lowest BCUT2D eigenvalue weighted by Crippen LogP contribution is -2.28. The number of carbonyl (C=O) groups excluding carboxylic acids is 2. The third-order valence-electron chi connectivity index (χ3n) is 3.48. The van der Waals surface area contributed by atoms with Gasteiger partial charge in [-0.05, 0) is 31.0 Å². The number of halogens is 2. The molecule has 2 atom stereocenters. The minimum atomic E-state index is -0.276. The van der Waals surface area contributed by atoms with Crippen LogP contribution in [0.3, 0.4) is 0 Å². The Kier molecular flexibility index (Phi) is 5.48. The minimum Gasteiger partial charge on any atom is -0.356 e. The Balaban J connectivity index is 1.86. The van der Waals surface area contributed by atoms with Crippen LogP contribution in [0.1, 0.15) is 26.2 Å². The molecule has 4 nitrogen and oxygen atoms in total. The molecule has 0 heterocycles. The van der Waals surface area contributed by atoms with Gasteiger partial charge in [-0.2, -0.15) is 0 Å². The summed E-state index contributed by atoms with van der Waals surface area (Å²) in [7, 11) is 0. The van der Waals surface area contributed by atoms with Crippen LogP contribution in [0.2, 0.25) is 10.0 Å². The van der Waals surface area contributed by atoms with Gasteiger partial charge < -0.3 is 10.6 Å². The van der Waals surface area contributed by atoms with Gasteiger partial charge in [0.25, 0.3) is 0 Å². The minimum absolute atomic E-state index is 0.0409. The van der Waals surface area contributed by atoms with Gasteiger partial charge in [0, 0.05) is 11.6 Å². The molecule has 21 heavy (non-hydrogen) atoms. The topological polar surface area (TPSA) is 58.2 Å². The molecule has 0 spiro atoms. The Hall–Kier alpha value is -1.26. The van der Waals surface area contributed by atoms with Gasteiger partial charge in [-0.25, -0.2) is 0 Å². The predicted molar refractivity (Wildman–Crippen MR) is 84.6 cm³/mol. The summed E-state index contributed by atoms with van der Waals surface area (Å²) in [4.78, 5) is 23.9. The number of unbranched alkanes of at least 4 members (excludes halogenated alkanes) is 1. The first-order chi connectivity index (χ1) is 10.0. The summed E-state index contributed by atoms with van der Waals surface area (Å²) >= 11 is 11.9. The molecular weight excluding hydrogens is 311 g/mol. The smallest absolute Gasteiger partial charge is 0.228 e. The number of amides is 2. The zero-order valence-electron chi connectivity index (χ0n) is 11.8.